The molecule has 0 aromatic carbocycles. The lowest BCUT2D eigenvalue weighted by Gasteiger charge is -2.09. The van der Waals surface area contributed by atoms with E-state index >= 15 is 0 Å². The van der Waals surface area contributed by atoms with Crippen LogP contribution in [0.15, 0.2) is 11.0 Å². The number of carbonyl (C=O) groups excluding carboxylic acids is 1. The van der Waals surface area contributed by atoms with Crippen molar-refractivity contribution < 1.29 is 23.1 Å². The average Bonchev–Trinajstić information content (AvgIpc) is 2.77. The summed E-state index contributed by atoms with van der Waals surface area (Å²) in [7, 11) is -3.90. The molecule has 0 aliphatic heterocycles. The summed E-state index contributed by atoms with van der Waals surface area (Å²) in [6.07, 6.45) is 0. The van der Waals surface area contributed by atoms with E-state index in [4.69, 9.17) is 5.11 Å². The van der Waals surface area contributed by atoms with Gasteiger partial charge in [0.15, 0.2) is 0 Å². The molecule has 1 aromatic rings. The first-order valence-electron chi connectivity index (χ1n) is 6.23. The van der Waals surface area contributed by atoms with Gasteiger partial charge in [-0.15, -0.1) is 11.3 Å². The van der Waals surface area contributed by atoms with E-state index in [9.17, 15) is 18.0 Å². The van der Waals surface area contributed by atoms with Crippen LogP contribution in [-0.4, -0.2) is 38.5 Å². The van der Waals surface area contributed by atoms with Gasteiger partial charge in [0.2, 0.25) is 15.9 Å². The molecule has 1 heterocycles. The van der Waals surface area contributed by atoms with Gasteiger partial charge in [0.25, 0.3) is 0 Å². The first-order valence-corrected chi connectivity index (χ1v) is 8.53. The van der Waals surface area contributed by atoms with Gasteiger partial charge in [-0.05, 0) is 18.9 Å². The molecule has 0 saturated heterocycles. The molecule has 21 heavy (non-hydrogen) atoms. The smallest absolute Gasteiger partial charge is 0.345 e. The first kappa shape index (κ1) is 17.6. The predicted molar refractivity (Wildman–Crippen MR) is 79.1 cm³/mol. The Kier molecular flexibility index (Phi) is 5.87. The maximum Gasteiger partial charge on any atom is 0.345 e. The molecular weight excluding hydrogens is 316 g/mol. The molecule has 0 saturated carbocycles. The molecule has 0 aliphatic carbocycles. The molecule has 0 unspecified atom stereocenters. The van der Waals surface area contributed by atoms with Crippen LogP contribution in [0.2, 0.25) is 0 Å². The number of aromatic carboxylic acids is 1. The highest BCUT2D eigenvalue weighted by Gasteiger charge is 2.22. The molecule has 1 aromatic heterocycles. The van der Waals surface area contributed by atoms with Gasteiger partial charge < -0.3 is 10.4 Å². The molecule has 0 spiro atoms. The van der Waals surface area contributed by atoms with E-state index < -0.39 is 21.9 Å². The molecule has 7 nitrogen and oxygen atoms in total. The zero-order valence-electron chi connectivity index (χ0n) is 12.0. The van der Waals surface area contributed by atoms with Crippen molar-refractivity contribution in [2.75, 3.05) is 13.1 Å². The van der Waals surface area contributed by atoms with Crippen molar-refractivity contribution in [1.82, 2.24) is 10.0 Å². The third-order valence-electron chi connectivity index (χ3n) is 2.50. The fourth-order valence-corrected chi connectivity index (χ4v) is 3.87. The number of carboxylic acid groups (broad SMARTS) is 1. The Morgan fingerprint density at radius 3 is 2.48 bits per heavy atom. The Hall–Kier alpha value is -1.45. The zero-order valence-corrected chi connectivity index (χ0v) is 13.6. The van der Waals surface area contributed by atoms with Crippen LogP contribution in [0.3, 0.4) is 0 Å². The van der Waals surface area contributed by atoms with E-state index in [0.717, 1.165) is 17.4 Å². The van der Waals surface area contributed by atoms with Crippen LogP contribution in [-0.2, 0) is 14.8 Å². The van der Waals surface area contributed by atoms with Crippen molar-refractivity contribution in [2.45, 2.75) is 25.7 Å². The molecule has 9 heteroatoms. The normalized spacial score (nSPS) is 11.6. The monoisotopic (exact) mass is 334 g/mol. The fourth-order valence-electron chi connectivity index (χ4n) is 1.46. The van der Waals surface area contributed by atoms with Crippen molar-refractivity contribution in [3.8, 4) is 0 Å². The number of carboxylic acids is 1. The first-order chi connectivity index (χ1) is 9.63. The third-order valence-corrected chi connectivity index (χ3v) is 5.20. The predicted octanol–water partition coefficient (Wildman–Crippen LogP) is 0.805. The number of aryl methyl sites for hydroxylation is 1. The maximum absolute atomic E-state index is 12.1. The SMILES string of the molecule is Cc1sc(C(=O)O)cc1S(=O)(=O)NCC(=O)NCC(C)C. The van der Waals surface area contributed by atoms with Crippen LogP contribution in [0.5, 0.6) is 0 Å². The van der Waals surface area contributed by atoms with Crippen LogP contribution < -0.4 is 10.0 Å². The second-order valence-electron chi connectivity index (χ2n) is 4.86. The summed E-state index contributed by atoms with van der Waals surface area (Å²) in [5, 5.41) is 11.4. The van der Waals surface area contributed by atoms with E-state index in [-0.39, 0.29) is 22.2 Å². The average molecular weight is 334 g/mol. The number of rotatable bonds is 7. The lowest BCUT2D eigenvalue weighted by Crippen LogP contribution is -2.38. The van der Waals surface area contributed by atoms with Crippen LogP contribution in [0.25, 0.3) is 0 Å². The highest BCUT2D eigenvalue weighted by molar-refractivity contribution is 7.89. The van der Waals surface area contributed by atoms with Crippen molar-refractivity contribution in [1.29, 1.82) is 0 Å². The number of hydrogen-bond donors (Lipinski definition) is 3. The van der Waals surface area contributed by atoms with Crippen LogP contribution in [0, 0.1) is 12.8 Å². The maximum atomic E-state index is 12.1. The molecule has 0 radical (unpaired) electrons. The summed E-state index contributed by atoms with van der Waals surface area (Å²) >= 11 is 0.879. The molecule has 3 N–H and O–H groups in total. The summed E-state index contributed by atoms with van der Waals surface area (Å²) < 4.78 is 26.3. The summed E-state index contributed by atoms with van der Waals surface area (Å²) in [5.41, 5.74) is 0. The van der Waals surface area contributed by atoms with E-state index in [0.29, 0.717) is 11.4 Å². The Labute approximate surface area is 127 Å². The standard InChI is InChI=1S/C12H18N2O5S2/c1-7(2)5-13-11(15)6-14-21(18,19)10-4-9(12(16)17)20-8(10)3/h4,7,14H,5-6H2,1-3H3,(H,13,15)(H,16,17). The fraction of sp³-hybridized carbons (Fsp3) is 0.500. The third kappa shape index (κ3) is 5.10. The van der Waals surface area contributed by atoms with Gasteiger partial charge in [-0.2, -0.15) is 0 Å². The van der Waals surface area contributed by atoms with Crippen molar-refractivity contribution >= 4 is 33.2 Å². The highest BCUT2D eigenvalue weighted by Crippen LogP contribution is 2.25. The van der Waals surface area contributed by atoms with Gasteiger partial charge in [0.05, 0.1) is 11.4 Å². The van der Waals surface area contributed by atoms with E-state index in [1.165, 1.54) is 6.92 Å². The number of amides is 1. The summed E-state index contributed by atoms with van der Waals surface area (Å²) in [5.74, 6) is -1.35. The minimum Gasteiger partial charge on any atom is -0.477 e. The quantitative estimate of drug-likeness (QED) is 0.683. The van der Waals surface area contributed by atoms with Crippen LogP contribution in [0.1, 0.15) is 28.4 Å². The van der Waals surface area contributed by atoms with Crippen LogP contribution in [0.4, 0.5) is 0 Å². The van der Waals surface area contributed by atoms with Crippen molar-refractivity contribution in [2.24, 2.45) is 5.92 Å². The Bertz CT molecular complexity index is 634. The topological polar surface area (TPSA) is 113 Å². The lowest BCUT2D eigenvalue weighted by molar-refractivity contribution is -0.120. The molecule has 1 amide bonds. The number of sulfonamides is 1. The lowest BCUT2D eigenvalue weighted by atomic mass is 10.2. The van der Waals surface area contributed by atoms with Gasteiger partial charge in [0.1, 0.15) is 4.88 Å². The molecule has 1 rings (SSSR count). The van der Waals surface area contributed by atoms with Gasteiger partial charge in [-0.25, -0.2) is 17.9 Å². The Morgan fingerprint density at radius 1 is 1.38 bits per heavy atom. The second kappa shape index (κ2) is 7.01. The van der Waals surface area contributed by atoms with Crippen molar-refractivity contribution in [3.63, 3.8) is 0 Å². The molecule has 0 bridgehead atoms. The van der Waals surface area contributed by atoms with E-state index in [2.05, 4.69) is 10.0 Å². The van der Waals surface area contributed by atoms with E-state index in [1.807, 2.05) is 13.8 Å². The van der Waals surface area contributed by atoms with Gasteiger partial charge in [0, 0.05) is 11.4 Å². The minimum absolute atomic E-state index is 0.0582. The number of carbonyl (C=O) groups is 2. The molecule has 0 aliphatic rings. The number of hydrogen-bond acceptors (Lipinski definition) is 5. The van der Waals surface area contributed by atoms with Crippen LogP contribution >= 0.6 is 11.3 Å². The van der Waals surface area contributed by atoms with Gasteiger partial charge in [-0.1, -0.05) is 13.8 Å². The Morgan fingerprint density at radius 2 is 2.00 bits per heavy atom. The van der Waals surface area contributed by atoms with Crippen molar-refractivity contribution in [3.05, 3.63) is 15.8 Å². The summed E-state index contributed by atoms with van der Waals surface area (Å²) in [6, 6.07) is 1.09. The molecule has 0 atom stereocenters. The summed E-state index contributed by atoms with van der Waals surface area (Å²) in [4.78, 5) is 22.5. The summed E-state index contributed by atoms with van der Waals surface area (Å²) in [6.45, 7) is 5.44. The van der Waals surface area contributed by atoms with Gasteiger partial charge in [-0.3, -0.25) is 4.79 Å². The van der Waals surface area contributed by atoms with Gasteiger partial charge >= 0.3 is 5.97 Å². The number of thiophene rings is 1. The highest BCUT2D eigenvalue weighted by atomic mass is 32.2. The molecular formula is C12H18N2O5S2. The van der Waals surface area contributed by atoms with E-state index in [1.54, 1.807) is 0 Å². The molecule has 0 fully saturated rings. The number of nitrogens with one attached hydrogen (secondary N) is 2. The minimum atomic E-state index is -3.90. The second-order valence-corrected chi connectivity index (χ2v) is 7.85. The zero-order chi connectivity index (χ0) is 16.2. The Balaban J connectivity index is 2.74. The molecule has 118 valence electrons. The largest absolute Gasteiger partial charge is 0.477 e.